The summed E-state index contributed by atoms with van der Waals surface area (Å²) in [5.74, 6) is 0.578. The van der Waals surface area contributed by atoms with Crippen LogP contribution < -0.4 is 5.32 Å². The van der Waals surface area contributed by atoms with Crippen molar-refractivity contribution in [1.29, 1.82) is 0 Å². The molecule has 0 radical (unpaired) electrons. The highest BCUT2D eigenvalue weighted by atomic mass is 35.5. The Hall–Kier alpha value is -1.29. The summed E-state index contributed by atoms with van der Waals surface area (Å²) in [6, 6.07) is 0. The number of amides is 1. The van der Waals surface area contributed by atoms with E-state index in [-0.39, 0.29) is 31.0 Å². The number of aryl methyl sites for hydroxylation is 1. The minimum absolute atomic E-state index is 0. The van der Waals surface area contributed by atoms with E-state index in [0.29, 0.717) is 38.6 Å². The number of aromatic nitrogens is 4. The zero-order chi connectivity index (χ0) is 14.2. The predicted molar refractivity (Wildman–Crippen MR) is 73.7 cm³/mol. The van der Waals surface area contributed by atoms with Crippen LogP contribution in [0.15, 0.2) is 0 Å². The van der Waals surface area contributed by atoms with Crippen LogP contribution in [-0.2, 0) is 16.6 Å². The molecule has 10 heteroatoms. The highest BCUT2D eigenvalue weighted by Gasteiger charge is 2.47. The van der Waals surface area contributed by atoms with Gasteiger partial charge in [0.1, 0.15) is 6.10 Å². The van der Waals surface area contributed by atoms with Crippen molar-refractivity contribution in [1.82, 2.24) is 30.4 Å². The number of hydrogen-bond acceptors (Lipinski definition) is 7. The third kappa shape index (κ3) is 2.73. The Morgan fingerprint density at radius 3 is 2.86 bits per heavy atom. The molecule has 9 nitrogen and oxygen atoms in total. The summed E-state index contributed by atoms with van der Waals surface area (Å²) in [5, 5.41) is 23.8. The number of hydrogen-bond donors (Lipinski definition) is 2. The molecular weight excluding hydrogens is 300 g/mol. The molecular formula is C11H19ClN6O3. The van der Waals surface area contributed by atoms with E-state index in [1.807, 2.05) is 0 Å². The molecule has 3 heterocycles. The monoisotopic (exact) mass is 318 g/mol. The number of morpholine rings is 1. The van der Waals surface area contributed by atoms with Gasteiger partial charge in [0.2, 0.25) is 5.91 Å². The molecule has 2 fully saturated rings. The second-order valence-corrected chi connectivity index (χ2v) is 5.31. The number of nitrogens with one attached hydrogen (secondary N) is 1. The molecule has 0 spiro atoms. The van der Waals surface area contributed by atoms with Gasteiger partial charge in [0, 0.05) is 26.7 Å². The van der Waals surface area contributed by atoms with Crippen molar-refractivity contribution in [3.8, 4) is 0 Å². The maximum atomic E-state index is 12.5. The fraction of sp³-hybridized carbons (Fsp3) is 0.818. The van der Waals surface area contributed by atoms with Gasteiger partial charge in [-0.05, 0) is 10.4 Å². The van der Waals surface area contributed by atoms with E-state index in [4.69, 9.17) is 4.74 Å². The molecule has 1 amide bonds. The summed E-state index contributed by atoms with van der Waals surface area (Å²) in [6.07, 6.45) is -0.323. The smallest absolute Gasteiger partial charge is 0.233 e. The first-order valence-electron chi connectivity index (χ1n) is 6.61. The molecule has 21 heavy (non-hydrogen) atoms. The van der Waals surface area contributed by atoms with Crippen LogP contribution in [0.3, 0.4) is 0 Å². The van der Waals surface area contributed by atoms with Crippen LogP contribution in [0.4, 0.5) is 0 Å². The molecule has 0 aliphatic carbocycles. The molecule has 0 saturated carbocycles. The number of carbonyl (C=O) groups excluding carboxylic acids is 1. The third-order valence-electron chi connectivity index (χ3n) is 3.98. The lowest BCUT2D eigenvalue weighted by atomic mass is 9.81. The molecule has 2 aliphatic heterocycles. The van der Waals surface area contributed by atoms with Crippen molar-refractivity contribution in [2.24, 2.45) is 12.5 Å². The predicted octanol–water partition coefficient (Wildman–Crippen LogP) is -1.89. The first-order chi connectivity index (χ1) is 9.66. The van der Waals surface area contributed by atoms with E-state index in [1.165, 1.54) is 0 Å². The van der Waals surface area contributed by atoms with Crippen molar-refractivity contribution in [2.45, 2.75) is 6.10 Å². The van der Waals surface area contributed by atoms with Crippen LogP contribution in [0, 0.1) is 5.41 Å². The van der Waals surface area contributed by atoms with E-state index in [0.717, 1.165) is 0 Å². The minimum atomic E-state index is -0.667. The number of aliphatic hydroxyl groups is 1. The van der Waals surface area contributed by atoms with Gasteiger partial charge < -0.3 is 20.1 Å². The maximum absolute atomic E-state index is 12.5. The Morgan fingerprint density at radius 2 is 2.33 bits per heavy atom. The topological polar surface area (TPSA) is 105 Å². The zero-order valence-electron chi connectivity index (χ0n) is 11.7. The second-order valence-electron chi connectivity index (χ2n) is 5.31. The highest BCUT2D eigenvalue weighted by molar-refractivity contribution is 5.85. The molecule has 1 aromatic heterocycles. The van der Waals surface area contributed by atoms with Crippen molar-refractivity contribution in [2.75, 3.05) is 39.4 Å². The zero-order valence-corrected chi connectivity index (χ0v) is 12.5. The fourth-order valence-electron chi connectivity index (χ4n) is 2.59. The van der Waals surface area contributed by atoms with E-state index >= 15 is 0 Å². The Labute approximate surface area is 128 Å². The standard InChI is InChI=1S/C11H18N6O3.ClH/c1-16-9(13-14-15-16)8-4-17(2-3-20-8)10(19)11(7-18)5-12-6-11;/h8,12,18H,2-7H2,1H3;1H. The Bertz CT molecular complexity index is 500. The number of carbonyl (C=O) groups is 1. The largest absolute Gasteiger partial charge is 0.395 e. The Morgan fingerprint density at radius 1 is 1.57 bits per heavy atom. The minimum Gasteiger partial charge on any atom is -0.395 e. The van der Waals surface area contributed by atoms with E-state index in [1.54, 1.807) is 16.6 Å². The van der Waals surface area contributed by atoms with Gasteiger partial charge in [0.15, 0.2) is 5.82 Å². The van der Waals surface area contributed by atoms with Gasteiger partial charge in [-0.25, -0.2) is 4.68 Å². The summed E-state index contributed by atoms with van der Waals surface area (Å²) in [4.78, 5) is 14.3. The molecule has 0 aromatic carbocycles. The summed E-state index contributed by atoms with van der Waals surface area (Å²) in [6.45, 7) is 2.30. The average Bonchev–Trinajstić information content (AvgIpc) is 2.84. The summed E-state index contributed by atoms with van der Waals surface area (Å²) < 4.78 is 7.19. The van der Waals surface area contributed by atoms with Gasteiger partial charge in [-0.15, -0.1) is 17.5 Å². The lowest BCUT2D eigenvalue weighted by molar-refractivity contribution is -0.156. The van der Waals surface area contributed by atoms with Crippen molar-refractivity contribution >= 4 is 18.3 Å². The number of halogens is 1. The molecule has 1 atom stereocenters. The first kappa shape index (κ1) is 16.1. The summed E-state index contributed by atoms with van der Waals surface area (Å²) in [7, 11) is 1.74. The molecule has 3 rings (SSSR count). The molecule has 2 N–H and O–H groups in total. The normalized spacial score (nSPS) is 24.1. The van der Waals surface area contributed by atoms with Crippen molar-refractivity contribution in [3.63, 3.8) is 0 Å². The lowest BCUT2D eigenvalue weighted by Gasteiger charge is -2.44. The summed E-state index contributed by atoms with van der Waals surface area (Å²) in [5.41, 5.74) is -0.667. The fourth-order valence-corrected chi connectivity index (χ4v) is 2.59. The molecule has 2 saturated heterocycles. The molecule has 0 bridgehead atoms. The second kappa shape index (κ2) is 6.22. The molecule has 2 aliphatic rings. The lowest BCUT2D eigenvalue weighted by Crippen LogP contribution is -2.65. The van der Waals surface area contributed by atoms with Crippen LogP contribution in [0.5, 0.6) is 0 Å². The number of tetrazole rings is 1. The SMILES string of the molecule is Cl.Cn1nnnc1C1CN(C(=O)C2(CO)CNC2)CCO1. The Balaban J connectivity index is 0.00000161. The molecule has 1 aromatic rings. The van der Waals surface area contributed by atoms with Gasteiger partial charge >= 0.3 is 0 Å². The first-order valence-corrected chi connectivity index (χ1v) is 6.61. The van der Waals surface area contributed by atoms with Crippen LogP contribution in [0.1, 0.15) is 11.9 Å². The van der Waals surface area contributed by atoms with Crippen LogP contribution in [0.2, 0.25) is 0 Å². The quantitative estimate of drug-likeness (QED) is 0.671. The van der Waals surface area contributed by atoms with E-state index in [2.05, 4.69) is 20.8 Å². The average molecular weight is 319 g/mol. The Kier molecular flexibility index (Phi) is 4.77. The van der Waals surface area contributed by atoms with Crippen LogP contribution >= 0.6 is 12.4 Å². The third-order valence-corrected chi connectivity index (χ3v) is 3.98. The number of nitrogens with zero attached hydrogens (tertiary/aromatic N) is 5. The number of ether oxygens (including phenoxy) is 1. The molecule has 1 unspecified atom stereocenters. The van der Waals surface area contributed by atoms with Gasteiger partial charge in [-0.1, -0.05) is 0 Å². The maximum Gasteiger partial charge on any atom is 0.233 e. The summed E-state index contributed by atoms with van der Waals surface area (Å²) >= 11 is 0. The van der Waals surface area contributed by atoms with E-state index < -0.39 is 5.41 Å². The van der Waals surface area contributed by atoms with Gasteiger partial charge in [0.05, 0.1) is 25.2 Å². The van der Waals surface area contributed by atoms with Crippen LogP contribution in [-0.4, -0.2) is 75.5 Å². The number of rotatable bonds is 3. The van der Waals surface area contributed by atoms with Gasteiger partial charge in [-0.2, -0.15) is 0 Å². The van der Waals surface area contributed by atoms with E-state index in [9.17, 15) is 9.90 Å². The van der Waals surface area contributed by atoms with Gasteiger partial charge in [-0.3, -0.25) is 4.79 Å². The van der Waals surface area contributed by atoms with Crippen LogP contribution in [0.25, 0.3) is 0 Å². The molecule has 118 valence electrons. The van der Waals surface area contributed by atoms with Crippen molar-refractivity contribution < 1.29 is 14.6 Å². The van der Waals surface area contributed by atoms with Gasteiger partial charge in [0.25, 0.3) is 0 Å². The number of aliphatic hydroxyl groups excluding tert-OH is 1. The van der Waals surface area contributed by atoms with Crippen molar-refractivity contribution in [3.05, 3.63) is 5.82 Å². The highest BCUT2D eigenvalue weighted by Crippen LogP contribution is 2.28.